The number of hydrogen-bond acceptors (Lipinski definition) is 7. The molecule has 4 rings (SSSR count). The Kier molecular flexibility index (Phi) is 6.82. The Morgan fingerprint density at radius 2 is 1.97 bits per heavy atom. The summed E-state index contributed by atoms with van der Waals surface area (Å²) in [5.41, 5.74) is 8.32. The summed E-state index contributed by atoms with van der Waals surface area (Å²) >= 11 is 0. The maximum absolute atomic E-state index is 12.0. The maximum atomic E-state index is 12.0. The molecule has 0 atom stereocenters. The lowest BCUT2D eigenvalue weighted by Gasteiger charge is -2.19. The molecule has 1 aromatic carbocycles. The second-order valence-electron chi connectivity index (χ2n) is 9.46. The largest absolute Gasteiger partial charge is 0.491 e. The van der Waals surface area contributed by atoms with Crippen LogP contribution in [0.3, 0.4) is 0 Å². The first-order valence-corrected chi connectivity index (χ1v) is 11.8. The van der Waals surface area contributed by atoms with Crippen LogP contribution < -0.4 is 15.8 Å². The van der Waals surface area contributed by atoms with E-state index in [-0.39, 0.29) is 0 Å². The lowest BCUT2D eigenvalue weighted by molar-refractivity contribution is 0.0525. The normalized spacial score (nSPS) is 11.7. The zero-order valence-corrected chi connectivity index (χ0v) is 21.1. The Labute approximate surface area is 208 Å². The molecule has 0 saturated carbocycles. The summed E-state index contributed by atoms with van der Waals surface area (Å²) in [5, 5.41) is 8.64. The number of nitrogens with zero attached hydrogens (tertiary/aromatic N) is 4. The highest BCUT2D eigenvalue weighted by atomic mass is 16.6. The van der Waals surface area contributed by atoms with Crippen LogP contribution in [-0.2, 0) is 11.3 Å². The summed E-state index contributed by atoms with van der Waals surface area (Å²) in [6, 6.07) is 5.25. The van der Waals surface area contributed by atoms with E-state index in [1.165, 1.54) is 0 Å². The van der Waals surface area contributed by atoms with Gasteiger partial charge in [0.25, 0.3) is 0 Å². The monoisotopic (exact) mass is 493 g/mol. The van der Waals surface area contributed by atoms with Crippen LogP contribution in [0.15, 0.2) is 24.4 Å². The number of carbonyl (C=O) groups excluding carboxylic acids is 2. The number of fused-ring (bicyclic) bond motifs is 3. The van der Waals surface area contributed by atoms with Crippen molar-refractivity contribution in [2.24, 2.45) is 5.73 Å². The molecule has 3 heterocycles. The Morgan fingerprint density at radius 3 is 2.67 bits per heavy atom. The van der Waals surface area contributed by atoms with Gasteiger partial charge >= 0.3 is 6.09 Å². The molecule has 4 N–H and O–H groups in total. The molecule has 0 fully saturated rings. The van der Waals surface area contributed by atoms with E-state index in [4.69, 9.17) is 20.2 Å². The van der Waals surface area contributed by atoms with Gasteiger partial charge < -0.3 is 25.5 Å². The summed E-state index contributed by atoms with van der Waals surface area (Å²) in [6.45, 7) is 10.7. The van der Waals surface area contributed by atoms with Crippen LogP contribution in [0.5, 0.6) is 5.75 Å². The number of amides is 2. The average molecular weight is 494 g/mol. The molecule has 2 amide bonds. The predicted octanol–water partition coefficient (Wildman–Crippen LogP) is 3.70. The fraction of sp³-hybridized carbons (Fsp3) is 0.400. The molecule has 0 aliphatic carbocycles. The highest BCUT2D eigenvalue weighted by molar-refractivity contribution is 6.11. The van der Waals surface area contributed by atoms with Crippen molar-refractivity contribution in [3.63, 3.8) is 0 Å². The van der Waals surface area contributed by atoms with E-state index in [1.54, 1.807) is 39.1 Å². The van der Waals surface area contributed by atoms with Gasteiger partial charge in [-0.25, -0.2) is 14.8 Å². The molecule has 4 aromatic rings. The molecule has 11 nitrogen and oxygen atoms in total. The van der Waals surface area contributed by atoms with E-state index in [0.29, 0.717) is 54.4 Å². The molecule has 3 aromatic heterocycles. The highest BCUT2D eigenvalue weighted by Gasteiger charge is 2.18. The van der Waals surface area contributed by atoms with Gasteiger partial charge in [-0.15, -0.1) is 0 Å². The number of rotatable bonds is 8. The number of hydrogen-bond donors (Lipinski definition) is 3. The smallest absolute Gasteiger partial charge is 0.407 e. The van der Waals surface area contributed by atoms with Crippen molar-refractivity contribution < 1.29 is 19.1 Å². The minimum Gasteiger partial charge on any atom is -0.491 e. The third-order valence-electron chi connectivity index (χ3n) is 5.39. The van der Waals surface area contributed by atoms with Crippen LogP contribution in [-0.4, -0.2) is 55.5 Å². The maximum Gasteiger partial charge on any atom is 0.407 e. The zero-order valence-electron chi connectivity index (χ0n) is 21.1. The van der Waals surface area contributed by atoms with Gasteiger partial charge in [0.15, 0.2) is 5.82 Å². The number of H-pyrrole nitrogens is 1. The van der Waals surface area contributed by atoms with Gasteiger partial charge in [-0.2, -0.15) is 5.10 Å². The molecule has 0 unspecified atom stereocenters. The second-order valence-corrected chi connectivity index (χ2v) is 9.46. The van der Waals surface area contributed by atoms with Crippen LogP contribution in [0.1, 0.15) is 50.2 Å². The third kappa shape index (κ3) is 5.40. The number of aromatic amines is 1. The van der Waals surface area contributed by atoms with Crippen LogP contribution in [0.2, 0.25) is 0 Å². The van der Waals surface area contributed by atoms with E-state index in [0.717, 1.165) is 22.2 Å². The van der Waals surface area contributed by atoms with E-state index >= 15 is 0 Å². The highest BCUT2D eigenvalue weighted by Crippen LogP contribution is 2.33. The van der Waals surface area contributed by atoms with Gasteiger partial charge in [-0.05, 0) is 59.2 Å². The Hall–Kier alpha value is -4.15. The van der Waals surface area contributed by atoms with Crippen molar-refractivity contribution in [3.8, 4) is 17.3 Å². The number of ether oxygens (including phenoxy) is 2. The van der Waals surface area contributed by atoms with Crippen molar-refractivity contribution in [2.45, 2.75) is 53.2 Å². The number of aryl methyl sites for hydroxylation is 2. The SMILES string of the molecule is CCn1nc(C)cc1-c1ncc2c(n1)[nH]c1c(OCCCNC(=O)OC(C)(C)C)cc(C(N)=O)cc12. The Bertz CT molecular complexity index is 1430. The number of nitrogens with one attached hydrogen (secondary N) is 2. The van der Waals surface area contributed by atoms with Crippen molar-refractivity contribution in [1.82, 2.24) is 30.0 Å². The molecule has 0 aliphatic rings. The third-order valence-corrected chi connectivity index (χ3v) is 5.39. The van der Waals surface area contributed by atoms with Crippen LogP contribution in [0, 0.1) is 6.92 Å². The Morgan fingerprint density at radius 1 is 1.19 bits per heavy atom. The van der Waals surface area contributed by atoms with E-state index in [2.05, 4.69) is 20.4 Å². The summed E-state index contributed by atoms with van der Waals surface area (Å²) in [6.07, 6.45) is 1.77. The van der Waals surface area contributed by atoms with Crippen molar-refractivity contribution in [3.05, 3.63) is 35.7 Å². The van der Waals surface area contributed by atoms with E-state index in [1.807, 2.05) is 24.6 Å². The van der Waals surface area contributed by atoms with Crippen molar-refractivity contribution >= 4 is 33.9 Å². The number of benzene rings is 1. The first kappa shape index (κ1) is 25.0. The van der Waals surface area contributed by atoms with Gasteiger partial charge in [-0.1, -0.05) is 0 Å². The number of nitrogens with two attached hydrogens (primary N) is 1. The summed E-state index contributed by atoms with van der Waals surface area (Å²) < 4.78 is 13.1. The van der Waals surface area contributed by atoms with Gasteiger partial charge in [0.2, 0.25) is 5.91 Å². The number of alkyl carbamates (subject to hydrolysis) is 1. The minimum atomic E-state index is -0.567. The van der Waals surface area contributed by atoms with Crippen LogP contribution >= 0.6 is 0 Å². The molecule has 0 aliphatic heterocycles. The van der Waals surface area contributed by atoms with Crippen molar-refractivity contribution in [1.29, 1.82) is 0 Å². The lowest BCUT2D eigenvalue weighted by atomic mass is 10.1. The number of primary amides is 1. The second kappa shape index (κ2) is 9.84. The van der Waals surface area contributed by atoms with E-state index in [9.17, 15) is 9.59 Å². The molecular weight excluding hydrogens is 462 g/mol. The lowest BCUT2D eigenvalue weighted by Crippen LogP contribution is -2.33. The van der Waals surface area contributed by atoms with Crippen molar-refractivity contribution in [2.75, 3.05) is 13.2 Å². The molecule has 11 heteroatoms. The van der Waals surface area contributed by atoms with Gasteiger partial charge in [-0.3, -0.25) is 9.48 Å². The predicted molar refractivity (Wildman–Crippen MR) is 136 cm³/mol. The summed E-state index contributed by atoms with van der Waals surface area (Å²) in [5.74, 6) is 0.442. The van der Waals surface area contributed by atoms with Gasteiger partial charge in [0, 0.05) is 35.6 Å². The molecule has 0 bridgehead atoms. The topological polar surface area (TPSA) is 150 Å². The molecule has 0 saturated heterocycles. The molecule has 0 spiro atoms. The fourth-order valence-corrected chi connectivity index (χ4v) is 3.85. The van der Waals surface area contributed by atoms with Crippen LogP contribution in [0.4, 0.5) is 4.79 Å². The summed E-state index contributed by atoms with van der Waals surface area (Å²) in [4.78, 5) is 36.4. The van der Waals surface area contributed by atoms with Crippen LogP contribution in [0.25, 0.3) is 33.5 Å². The molecule has 190 valence electrons. The number of carbonyl (C=O) groups is 2. The zero-order chi connectivity index (χ0) is 26.0. The number of aromatic nitrogens is 5. The van der Waals surface area contributed by atoms with Gasteiger partial charge in [0.1, 0.15) is 22.7 Å². The quantitative estimate of drug-likeness (QED) is 0.317. The fourth-order valence-electron chi connectivity index (χ4n) is 3.85. The standard InChI is InChI=1S/C25H31N7O4/c1-6-32-18(10-14(2)31-32)23-28-13-17-16-11-15(21(26)33)12-19(20(16)29-22(17)30-23)35-9-7-8-27-24(34)36-25(3,4)5/h10-13H,6-9H2,1-5H3,(H2,26,33)(H,27,34)(H,28,29,30). The minimum absolute atomic E-state index is 0.300. The molecule has 0 radical (unpaired) electrons. The first-order valence-electron chi connectivity index (χ1n) is 11.8. The molecular formula is C25H31N7O4. The van der Waals surface area contributed by atoms with Gasteiger partial charge in [0.05, 0.1) is 17.8 Å². The average Bonchev–Trinajstić information content (AvgIpc) is 3.36. The first-order chi connectivity index (χ1) is 17.1. The molecule has 36 heavy (non-hydrogen) atoms. The van der Waals surface area contributed by atoms with E-state index < -0.39 is 17.6 Å². The summed E-state index contributed by atoms with van der Waals surface area (Å²) in [7, 11) is 0. The Balaban J connectivity index is 1.59.